The lowest BCUT2D eigenvalue weighted by molar-refractivity contribution is 0.286. The van der Waals surface area contributed by atoms with Crippen molar-refractivity contribution in [2.45, 2.75) is 52.4 Å². The Morgan fingerprint density at radius 1 is 1.33 bits per heavy atom. The molecule has 116 valence electrons. The lowest BCUT2D eigenvalue weighted by Crippen LogP contribution is -2.18. The van der Waals surface area contributed by atoms with Crippen molar-refractivity contribution in [2.75, 3.05) is 18.1 Å². The van der Waals surface area contributed by atoms with Crippen LogP contribution in [0.15, 0.2) is 18.7 Å². The van der Waals surface area contributed by atoms with Crippen molar-refractivity contribution in [2.24, 2.45) is 0 Å². The number of hydrogen-bond acceptors (Lipinski definition) is 2. The second kappa shape index (κ2) is 5.72. The standard InChI is InChI=1S/C19H28OS/c1-8-21-11-13(2)14-9-15(18(3,4)5)17-16(10-14)19(6,7)12-20-17/h9-10H,2,8,11-12H2,1,3-7H3. The molecular formula is C19H28OS. The van der Waals surface area contributed by atoms with Gasteiger partial charge in [0.25, 0.3) is 0 Å². The molecule has 0 N–H and O–H groups in total. The third-order valence-electron chi connectivity index (χ3n) is 4.09. The molecule has 0 aromatic heterocycles. The first-order valence-corrected chi connectivity index (χ1v) is 8.90. The van der Waals surface area contributed by atoms with Crippen LogP contribution < -0.4 is 4.74 Å². The van der Waals surface area contributed by atoms with E-state index in [1.807, 2.05) is 11.8 Å². The molecule has 0 saturated carbocycles. The Morgan fingerprint density at radius 2 is 2.00 bits per heavy atom. The van der Waals surface area contributed by atoms with E-state index in [2.05, 4.69) is 60.3 Å². The molecule has 0 amide bonds. The van der Waals surface area contributed by atoms with Crippen LogP contribution in [0.5, 0.6) is 5.75 Å². The van der Waals surface area contributed by atoms with Crippen LogP contribution in [0.1, 0.15) is 58.2 Å². The Labute approximate surface area is 134 Å². The highest BCUT2D eigenvalue weighted by atomic mass is 32.2. The van der Waals surface area contributed by atoms with E-state index < -0.39 is 0 Å². The van der Waals surface area contributed by atoms with E-state index in [0.717, 1.165) is 23.9 Å². The summed E-state index contributed by atoms with van der Waals surface area (Å²) in [6.07, 6.45) is 0. The minimum Gasteiger partial charge on any atom is -0.492 e. The summed E-state index contributed by atoms with van der Waals surface area (Å²) in [5.74, 6) is 3.23. The molecule has 0 radical (unpaired) electrons. The molecule has 0 spiro atoms. The molecule has 1 heterocycles. The van der Waals surface area contributed by atoms with E-state index >= 15 is 0 Å². The van der Waals surface area contributed by atoms with Crippen LogP contribution in [-0.4, -0.2) is 18.1 Å². The van der Waals surface area contributed by atoms with Crippen LogP contribution in [0.25, 0.3) is 5.57 Å². The van der Waals surface area contributed by atoms with Gasteiger partial charge in [-0.1, -0.05) is 48.1 Å². The van der Waals surface area contributed by atoms with Crippen LogP contribution in [0.2, 0.25) is 0 Å². The Bertz CT molecular complexity index is 549. The first-order chi connectivity index (χ1) is 9.66. The van der Waals surface area contributed by atoms with Crippen LogP contribution in [-0.2, 0) is 10.8 Å². The molecule has 0 fully saturated rings. The van der Waals surface area contributed by atoms with Crippen molar-refractivity contribution in [3.8, 4) is 5.75 Å². The van der Waals surface area contributed by atoms with Crippen molar-refractivity contribution in [3.63, 3.8) is 0 Å². The minimum absolute atomic E-state index is 0.0820. The van der Waals surface area contributed by atoms with E-state index in [9.17, 15) is 0 Å². The zero-order chi connectivity index (χ0) is 15.8. The fourth-order valence-electron chi connectivity index (χ4n) is 2.69. The molecule has 0 bridgehead atoms. The monoisotopic (exact) mass is 304 g/mol. The lowest BCUT2D eigenvalue weighted by atomic mass is 9.79. The first-order valence-electron chi connectivity index (χ1n) is 7.74. The highest BCUT2D eigenvalue weighted by molar-refractivity contribution is 7.99. The van der Waals surface area contributed by atoms with Gasteiger partial charge in [0.2, 0.25) is 0 Å². The average molecular weight is 304 g/mol. The quantitative estimate of drug-likeness (QED) is 0.734. The van der Waals surface area contributed by atoms with E-state index in [0.29, 0.717) is 0 Å². The number of ether oxygens (including phenoxy) is 1. The fraction of sp³-hybridized carbons (Fsp3) is 0.579. The third-order valence-corrected chi connectivity index (χ3v) is 5.05. The molecule has 21 heavy (non-hydrogen) atoms. The SMILES string of the molecule is C=C(CSCC)c1cc(C(C)(C)C)c2c(c1)C(C)(C)CO2. The third kappa shape index (κ3) is 3.31. The van der Waals surface area contributed by atoms with Crippen molar-refractivity contribution < 1.29 is 4.74 Å². The number of rotatable bonds is 4. The predicted molar refractivity (Wildman–Crippen MR) is 95.7 cm³/mol. The van der Waals surface area contributed by atoms with E-state index in [1.165, 1.54) is 22.3 Å². The predicted octanol–water partition coefficient (Wildman–Crippen LogP) is 5.42. The van der Waals surface area contributed by atoms with E-state index in [4.69, 9.17) is 4.74 Å². The highest BCUT2D eigenvalue weighted by Gasteiger charge is 2.36. The topological polar surface area (TPSA) is 9.23 Å². The van der Waals surface area contributed by atoms with Gasteiger partial charge in [-0.15, -0.1) is 0 Å². The molecule has 0 unspecified atom stereocenters. The van der Waals surface area contributed by atoms with E-state index in [-0.39, 0.29) is 10.8 Å². The van der Waals surface area contributed by atoms with Gasteiger partial charge in [-0.2, -0.15) is 11.8 Å². The normalized spacial score (nSPS) is 16.5. The molecule has 0 saturated heterocycles. The molecule has 2 heteroatoms. The summed E-state index contributed by atoms with van der Waals surface area (Å²) in [5.41, 5.74) is 5.31. The molecule has 2 rings (SSSR count). The summed E-state index contributed by atoms with van der Waals surface area (Å²) in [6.45, 7) is 18.5. The molecule has 0 aliphatic carbocycles. The Morgan fingerprint density at radius 3 is 2.57 bits per heavy atom. The van der Waals surface area contributed by atoms with Gasteiger partial charge in [-0.3, -0.25) is 0 Å². The first kappa shape index (κ1) is 16.5. The smallest absolute Gasteiger partial charge is 0.126 e. The molecule has 1 aliphatic heterocycles. The number of hydrogen-bond donors (Lipinski definition) is 0. The van der Waals surface area contributed by atoms with Crippen molar-refractivity contribution in [1.82, 2.24) is 0 Å². The van der Waals surface area contributed by atoms with Crippen LogP contribution in [0, 0.1) is 0 Å². The van der Waals surface area contributed by atoms with Crippen LogP contribution >= 0.6 is 11.8 Å². The maximum Gasteiger partial charge on any atom is 0.126 e. The van der Waals surface area contributed by atoms with Gasteiger partial charge in [0.1, 0.15) is 5.75 Å². The van der Waals surface area contributed by atoms with Gasteiger partial charge >= 0.3 is 0 Å². The Hall–Kier alpha value is -0.890. The van der Waals surface area contributed by atoms with Crippen molar-refractivity contribution in [1.29, 1.82) is 0 Å². The van der Waals surface area contributed by atoms with Crippen LogP contribution in [0.3, 0.4) is 0 Å². The summed E-state index contributed by atoms with van der Waals surface area (Å²) in [6, 6.07) is 4.59. The fourth-order valence-corrected chi connectivity index (χ4v) is 3.30. The molecule has 0 atom stereocenters. The summed E-state index contributed by atoms with van der Waals surface area (Å²) in [4.78, 5) is 0. The van der Waals surface area contributed by atoms with Gasteiger partial charge in [0, 0.05) is 22.3 Å². The molecule has 1 nitrogen and oxygen atoms in total. The van der Waals surface area contributed by atoms with Crippen molar-refractivity contribution >= 4 is 17.3 Å². The summed E-state index contributed by atoms with van der Waals surface area (Å²) in [5, 5.41) is 0. The summed E-state index contributed by atoms with van der Waals surface area (Å²) in [7, 11) is 0. The minimum atomic E-state index is 0.0820. The van der Waals surface area contributed by atoms with Crippen LogP contribution in [0.4, 0.5) is 0 Å². The van der Waals surface area contributed by atoms with Gasteiger partial charge in [0.15, 0.2) is 0 Å². The number of thioether (sulfide) groups is 1. The number of benzene rings is 1. The van der Waals surface area contributed by atoms with Gasteiger partial charge in [0.05, 0.1) is 6.61 Å². The Balaban J connectivity index is 2.53. The van der Waals surface area contributed by atoms with Gasteiger partial charge in [-0.05, 0) is 34.4 Å². The zero-order valence-electron chi connectivity index (χ0n) is 14.3. The second-order valence-electron chi connectivity index (χ2n) is 7.56. The summed E-state index contributed by atoms with van der Waals surface area (Å²) < 4.78 is 6.05. The largest absolute Gasteiger partial charge is 0.492 e. The maximum absolute atomic E-state index is 6.05. The van der Waals surface area contributed by atoms with Gasteiger partial charge < -0.3 is 4.74 Å². The number of fused-ring (bicyclic) bond motifs is 1. The molecule has 1 aromatic rings. The summed E-state index contributed by atoms with van der Waals surface area (Å²) >= 11 is 1.93. The highest BCUT2D eigenvalue weighted by Crippen LogP contribution is 2.46. The average Bonchev–Trinajstić information content (AvgIpc) is 2.70. The second-order valence-corrected chi connectivity index (χ2v) is 8.84. The maximum atomic E-state index is 6.05. The molecule has 1 aliphatic rings. The zero-order valence-corrected chi connectivity index (χ0v) is 15.1. The van der Waals surface area contributed by atoms with Crippen molar-refractivity contribution in [3.05, 3.63) is 35.4 Å². The van der Waals surface area contributed by atoms with E-state index in [1.54, 1.807) is 0 Å². The van der Waals surface area contributed by atoms with Gasteiger partial charge in [-0.25, -0.2) is 0 Å². The Kier molecular flexibility index (Phi) is 4.49. The lowest BCUT2D eigenvalue weighted by Gasteiger charge is -2.24. The molecular weight excluding hydrogens is 276 g/mol. The molecule has 1 aromatic carbocycles.